The van der Waals surface area contributed by atoms with E-state index in [1.165, 1.54) is 12.4 Å². The summed E-state index contributed by atoms with van der Waals surface area (Å²) in [5.74, 6) is 2.02. The van der Waals surface area contributed by atoms with Gasteiger partial charge in [-0.15, -0.1) is 0 Å². The van der Waals surface area contributed by atoms with E-state index in [9.17, 15) is 9.59 Å². The van der Waals surface area contributed by atoms with Crippen LogP contribution in [0, 0.1) is 0 Å². The minimum Gasteiger partial charge on any atom is -0.493 e. The Labute approximate surface area is 205 Å². The van der Waals surface area contributed by atoms with E-state index in [-0.39, 0.29) is 11.8 Å². The van der Waals surface area contributed by atoms with Crippen molar-refractivity contribution in [3.8, 4) is 23.0 Å². The van der Waals surface area contributed by atoms with Crippen LogP contribution >= 0.6 is 0 Å². The molecule has 0 atom stereocenters. The van der Waals surface area contributed by atoms with Crippen LogP contribution in [0.5, 0.6) is 23.0 Å². The highest BCUT2D eigenvalue weighted by molar-refractivity contribution is 5.84. The normalized spacial score (nSPS) is 10.9. The third-order valence-corrected chi connectivity index (χ3v) is 4.93. The summed E-state index contributed by atoms with van der Waals surface area (Å²) in [7, 11) is 6.23. The van der Waals surface area contributed by atoms with Crippen molar-refractivity contribution in [2.24, 2.45) is 10.2 Å². The fourth-order valence-electron chi connectivity index (χ4n) is 3.08. The molecule has 0 aliphatic carbocycles. The highest BCUT2D eigenvalue weighted by Gasteiger charge is 2.05. The van der Waals surface area contributed by atoms with Gasteiger partial charge in [-0.05, 0) is 60.4 Å². The second-order valence-electron chi connectivity index (χ2n) is 7.38. The Hall–Kier alpha value is -4.08. The number of nitrogens with zero attached hydrogens (tertiary/aromatic N) is 2. The lowest BCUT2D eigenvalue weighted by molar-refractivity contribution is -0.121. The number of amides is 2. The number of hydrazone groups is 2. The van der Waals surface area contributed by atoms with Crippen molar-refractivity contribution in [2.45, 2.75) is 32.1 Å². The van der Waals surface area contributed by atoms with E-state index in [1.54, 1.807) is 64.8 Å². The van der Waals surface area contributed by atoms with Gasteiger partial charge in [-0.2, -0.15) is 10.2 Å². The van der Waals surface area contributed by atoms with E-state index < -0.39 is 0 Å². The van der Waals surface area contributed by atoms with Crippen LogP contribution in [-0.2, 0) is 9.59 Å². The van der Waals surface area contributed by atoms with Crippen LogP contribution in [0.25, 0.3) is 0 Å². The second kappa shape index (κ2) is 14.9. The monoisotopic (exact) mass is 484 g/mol. The molecule has 2 amide bonds. The van der Waals surface area contributed by atoms with E-state index >= 15 is 0 Å². The predicted octanol–water partition coefficient (Wildman–Crippen LogP) is 3.27. The van der Waals surface area contributed by atoms with Gasteiger partial charge in [-0.1, -0.05) is 6.42 Å². The van der Waals surface area contributed by atoms with Crippen LogP contribution in [0.15, 0.2) is 46.6 Å². The van der Waals surface area contributed by atoms with Gasteiger partial charge in [0.15, 0.2) is 23.0 Å². The maximum atomic E-state index is 11.9. The van der Waals surface area contributed by atoms with Crippen LogP contribution in [0.2, 0.25) is 0 Å². The molecule has 0 aliphatic heterocycles. The maximum absolute atomic E-state index is 11.9. The van der Waals surface area contributed by atoms with Crippen molar-refractivity contribution in [3.63, 3.8) is 0 Å². The number of carbonyl (C=O) groups is 2. The first-order chi connectivity index (χ1) is 17.0. The average molecular weight is 485 g/mol. The van der Waals surface area contributed by atoms with Gasteiger partial charge in [-0.3, -0.25) is 9.59 Å². The average Bonchev–Trinajstić information content (AvgIpc) is 2.88. The van der Waals surface area contributed by atoms with Crippen molar-refractivity contribution in [2.75, 3.05) is 28.4 Å². The summed E-state index contributed by atoms with van der Waals surface area (Å²) in [5, 5.41) is 7.93. The molecule has 0 saturated carbocycles. The summed E-state index contributed by atoms with van der Waals surface area (Å²) >= 11 is 0. The van der Waals surface area contributed by atoms with Crippen molar-refractivity contribution in [1.29, 1.82) is 0 Å². The van der Waals surface area contributed by atoms with Crippen LogP contribution in [-0.4, -0.2) is 52.7 Å². The Balaban J connectivity index is 1.62. The molecule has 10 heteroatoms. The van der Waals surface area contributed by atoms with Gasteiger partial charge in [0.25, 0.3) is 0 Å². The lowest BCUT2D eigenvalue weighted by Crippen LogP contribution is -2.18. The molecule has 0 unspecified atom stereocenters. The smallest absolute Gasteiger partial charge is 0.240 e. The Kier molecular flexibility index (Phi) is 11.6. The van der Waals surface area contributed by atoms with E-state index in [0.717, 1.165) is 17.5 Å². The molecule has 188 valence electrons. The predicted molar refractivity (Wildman–Crippen MR) is 134 cm³/mol. The molecule has 0 bridgehead atoms. The molecule has 0 saturated heterocycles. The zero-order valence-corrected chi connectivity index (χ0v) is 20.5. The molecule has 2 aromatic carbocycles. The van der Waals surface area contributed by atoms with Gasteiger partial charge >= 0.3 is 0 Å². The van der Waals surface area contributed by atoms with Crippen molar-refractivity contribution in [3.05, 3.63) is 47.5 Å². The standard InChI is InChI=1S/C25H32N4O6/c1-32-20-12-10-18(14-22(20)34-3)16-26-28-24(30)8-6-5-7-9-25(31)29-27-17-19-11-13-21(33-2)23(15-19)35-4/h10-17H,5-9H2,1-4H3,(H,28,30)(H,29,31)/b26-16+,27-17+. The molecule has 2 rings (SSSR count). The van der Waals surface area contributed by atoms with Crippen molar-refractivity contribution >= 4 is 24.2 Å². The van der Waals surface area contributed by atoms with Crippen molar-refractivity contribution < 1.29 is 28.5 Å². The first-order valence-electron chi connectivity index (χ1n) is 11.1. The first-order valence-corrected chi connectivity index (χ1v) is 11.1. The Morgan fingerprint density at radius 2 is 1.06 bits per heavy atom. The minimum absolute atomic E-state index is 0.189. The SMILES string of the molecule is COc1ccc(/C=N/NC(=O)CCCCCC(=O)N/N=C/c2ccc(OC)c(OC)c2)cc1OC. The molecule has 0 heterocycles. The number of benzene rings is 2. The summed E-state index contributed by atoms with van der Waals surface area (Å²) in [4.78, 5) is 23.9. The molecular formula is C25H32N4O6. The van der Waals surface area contributed by atoms with Gasteiger partial charge < -0.3 is 18.9 Å². The zero-order valence-electron chi connectivity index (χ0n) is 20.5. The van der Waals surface area contributed by atoms with Gasteiger partial charge in [0.2, 0.25) is 11.8 Å². The molecule has 2 N–H and O–H groups in total. The van der Waals surface area contributed by atoms with E-state index in [4.69, 9.17) is 18.9 Å². The molecule has 2 aromatic rings. The van der Waals surface area contributed by atoms with E-state index in [0.29, 0.717) is 48.7 Å². The fraction of sp³-hybridized carbons (Fsp3) is 0.360. The topological polar surface area (TPSA) is 120 Å². The molecule has 0 aliphatic rings. The number of hydrogen-bond donors (Lipinski definition) is 2. The van der Waals surface area contributed by atoms with Gasteiger partial charge in [0, 0.05) is 12.8 Å². The van der Waals surface area contributed by atoms with Gasteiger partial charge in [0.05, 0.1) is 40.9 Å². The molecular weight excluding hydrogens is 452 g/mol. The van der Waals surface area contributed by atoms with Gasteiger partial charge in [-0.25, -0.2) is 10.9 Å². The Morgan fingerprint density at radius 1 is 0.657 bits per heavy atom. The second-order valence-corrected chi connectivity index (χ2v) is 7.38. The quantitative estimate of drug-likeness (QED) is 0.241. The lowest BCUT2D eigenvalue weighted by Gasteiger charge is -2.07. The third-order valence-electron chi connectivity index (χ3n) is 4.93. The number of carbonyl (C=O) groups excluding carboxylic acids is 2. The highest BCUT2D eigenvalue weighted by Crippen LogP contribution is 2.27. The maximum Gasteiger partial charge on any atom is 0.240 e. The number of methoxy groups -OCH3 is 4. The molecule has 0 spiro atoms. The number of rotatable bonds is 14. The molecule has 0 aromatic heterocycles. The summed E-state index contributed by atoms with van der Waals surface area (Å²) in [5.41, 5.74) is 6.53. The van der Waals surface area contributed by atoms with E-state index in [2.05, 4.69) is 21.1 Å². The van der Waals surface area contributed by atoms with Crippen LogP contribution in [0.3, 0.4) is 0 Å². The number of unbranched alkanes of at least 4 members (excludes halogenated alkanes) is 2. The van der Waals surface area contributed by atoms with Crippen LogP contribution in [0.1, 0.15) is 43.2 Å². The number of hydrogen-bond acceptors (Lipinski definition) is 8. The van der Waals surface area contributed by atoms with Crippen LogP contribution in [0.4, 0.5) is 0 Å². The molecule has 0 fully saturated rings. The molecule has 0 radical (unpaired) electrons. The zero-order chi connectivity index (χ0) is 25.5. The van der Waals surface area contributed by atoms with Gasteiger partial charge in [0.1, 0.15) is 0 Å². The number of nitrogens with one attached hydrogen (secondary N) is 2. The number of ether oxygens (including phenoxy) is 4. The Morgan fingerprint density at radius 3 is 1.43 bits per heavy atom. The van der Waals surface area contributed by atoms with E-state index in [1.807, 2.05) is 0 Å². The Bertz CT molecular complexity index is 957. The highest BCUT2D eigenvalue weighted by atomic mass is 16.5. The summed E-state index contributed by atoms with van der Waals surface area (Å²) < 4.78 is 20.8. The van der Waals surface area contributed by atoms with Crippen LogP contribution < -0.4 is 29.8 Å². The largest absolute Gasteiger partial charge is 0.493 e. The fourth-order valence-corrected chi connectivity index (χ4v) is 3.08. The van der Waals surface area contributed by atoms with Crippen molar-refractivity contribution in [1.82, 2.24) is 10.9 Å². The third kappa shape index (κ3) is 9.36. The summed E-state index contributed by atoms with van der Waals surface area (Å²) in [6.07, 6.45) is 5.75. The summed E-state index contributed by atoms with van der Waals surface area (Å²) in [6, 6.07) is 10.7. The first kappa shape index (κ1) is 27.2. The minimum atomic E-state index is -0.189. The molecule has 10 nitrogen and oxygen atoms in total. The summed E-state index contributed by atoms with van der Waals surface area (Å²) in [6.45, 7) is 0. The lowest BCUT2D eigenvalue weighted by atomic mass is 10.1. The molecule has 35 heavy (non-hydrogen) atoms.